The van der Waals surface area contributed by atoms with Crippen LogP contribution in [0.1, 0.15) is 12.5 Å². The van der Waals surface area contributed by atoms with Crippen LogP contribution in [0.15, 0.2) is 70.7 Å². The van der Waals surface area contributed by atoms with Gasteiger partial charge in [-0.1, -0.05) is 30.7 Å². The largest absolute Gasteiger partial charge is 0.439 e. The van der Waals surface area contributed by atoms with Gasteiger partial charge >= 0.3 is 6.03 Å². The number of aromatic amines is 1. The summed E-state index contributed by atoms with van der Waals surface area (Å²) in [6.45, 7) is 1.99. The Labute approximate surface area is 217 Å². The quantitative estimate of drug-likeness (QED) is 0.250. The van der Waals surface area contributed by atoms with Crippen LogP contribution in [-0.4, -0.2) is 58.0 Å². The standard InChI is InChI=1S/C25H25ClN6O5/c1-17(15-33)13-31(2)25(36)30-24(32(16-34)14-18-3-5-19(26)6-4-18)28-20-7-9-21(10-8-20)37-23-12-27-11-22(35)29-23/h3-12,15-17H,13-14H2,1-2H3,(H,29,35)(H,28,30,36)/t17-/m0/s1. The molecule has 0 saturated carbocycles. The Morgan fingerprint density at radius 2 is 1.86 bits per heavy atom. The van der Waals surface area contributed by atoms with Gasteiger partial charge in [-0.3, -0.25) is 29.8 Å². The van der Waals surface area contributed by atoms with Crippen LogP contribution in [0.5, 0.6) is 11.6 Å². The number of urea groups is 1. The maximum atomic E-state index is 12.8. The van der Waals surface area contributed by atoms with Crippen molar-refractivity contribution in [3.05, 3.63) is 81.9 Å². The third-order valence-electron chi connectivity index (χ3n) is 4.95. The predicted octanol–water partition coefficient (Wildman–Crippen LogP) is 3.34. The number of H-pyrrole nitrogens is 1. The van der Waals surface area contributed by atoms with Crippen molar-refractivity contribution in [1.29, 1.82) is 0 Å². The first kappa shape index (κ1) is 27.1. The summed E-state index contributed by atoms with van der Waals surface area (Å²) in [5.74, 6) is 0.184. The first-order chi connectivity index (χ1) is 17.8. The van der Waals surface area contributed by atoms with Gasteiger partial charge in [0.1, 0.15) is 12.0 Å². The highest BCUT2D eigenvalue weighted by Gasteiger charge is 2.19. The lowest BCUT2D eigenvalue weighted by molar-refractivity contribution is -0.115. The number of nitrogens with zero attached hydrogens (tertiary/aromatic N) is 4. The van der Waals surface area contributed by atoms with Crippen LogP contribution in [0.3, 0.4) is 0 Å². The highest BCUT2D eigenvalue weighted by atomic mass is 35.5. The lowest BCUT2D eigenvalue weighted by Gasteiger charge is -2.24. The van der Waals surface area contributed by atoms with Crippen LogP contribution in [0.2, 0.25) is 5.02 Å². The second-order valence-electron chi connectivity index (χ2n) is 8.08. The fraction of sp³-hybridized carbons (Fsp3) is 0.200. The van der Waals surface area contributed by atoms with E-state index in [1.165, 1.54) is 23.0 Å². The summed E-state index contributed by atoms with van der Waals surface area (Å²) >= 11 is 5.96. The molecule has 192 valence electrons. The fourth-order valence-electron chi connectivity index (χ4n) is 3.11. The lowest BCUT2D eigenvalue weighted by Crippen LogP contribution is -2.48. The minimum absolute atomic E-state index is 0.0224. The number of aliphatic imine (C=N–C) groups is 1. The van der Waals surface area contributed by atoms with Crippen molar-refractivity contribution in [2.45, 2.75) is 13.5 Å². The molecule has 0 fully saturated rings. The first-order valence-corrected chi connectivity index (χ1v) is 11.5. The van der Waals surface area contributed by atoms with Crippen LogP contribution in [0.4, 0.5) is 10.5 Å². The van der Waals surface area contributed by atoms with E-state index in [1.54, 1.807) is 55.5 Å². The minimum atomic E-state index is -0.545. The van der Waals surface area contributed by atoms with Crippen molar-refractivity contribution in [2.24, 2.45) is 10.9 Å². The van der Waals surface area contributed by atoms with E-state index in [1.807, 2.05) is 0 Å². The molecule has 12 heteroatoms. The molecule has 2 aromatic carbocycles. The van der Waals surface area contributed by atoms with Gasteiger partial charge in [0.15, 0.2) is 0 Å². The van der Waals surface area contributed by atoms with Gasteiger partial charge in [-0.25, -0.2) is 9.79 Å². The highest BCUT2D eigenvalue weighted by Crippen LogP contribution is 2.22. The van der Waals surface area contributed by atoms with Crippen LogP contribution >= 0.6 is 11.6 Å². The average molecular weight is 525 g/mol. The van der Waals surface area contributed by atoms with Crippen LogP contribution in [0.25, 0.3) is 0 Å². The van der Waals surface area contributed by atoms with Crippen molar-refractivity contribution in [1.82, 2.24) is 25.1 Å². The van der Waals surface area contributed by atoms with Gasteiger partial charge in [-0.2, -0.15) is 0 Å². The van der Waals surface area contributed by atoms with Crippen LogP contribution in [-0.2, 0) is 16.1 Å². The van der Waals surface area contributed by atoms with Crippen LogP contribution < -0.4 is 15.6 Å². The van der Waals surface area contributed by atoms with Gasteiger partial charge in [-0.05, 0) is 42.0 Å². The molecule has 1 atom stereocenters. The van der Waals surface area contributed by atoms with Gasteiger partial charge in [0.2, 0.25) is 18.2 Å². The number of benzene rings is 2. The Bertz CT molecular complexity index is 1310. The molecule has 3 rings (SSSR count). The van der Waals surface area contributed by atoms with Gasteiger partial charge in [-0.15, -0.1) is 0 Å². The number of rotatable bonds is 9. The smallest absolute Gasteiger partial charge is 0.323 e. The maximum Gasteiger partial charge on any atom is 0.323 e. The highest BCUT2D eigenvalue weighted by molar-refractivity contribution is 6.30. The Balaban J connectivity index is 1.85. The number of aromatic nitrogens is 2. The summed E-state index contributed by atoms with van der Waals surface area (Å²) in [7, 11) is 1.53. The molecule has 0 bridgehead atoms. The molecule has 3 aromatic rings. The SMILES string of the molecule is C[C@H](C=O)CN(C)C(=O)NC(=Nc1ccc(Oc2cncc(=O)[nH]2)cc1)N(C=O)Cc1ccc(Cl)cc1. The summed E-state index contributed by atoms with van der Waals surface area (Å²) < 4.78 is 5.57. The van der Waals surface area contributed by atoms with Gasteiger partial charge in [0.05, 0.1) is 24.6 Å². The molecular formula is C25H25ClN6O5. The molecule has 11 nitrogen and oxygen atoms in total. The molecule has 0 spiro atoms. The zero-order valence-corrected chi connectivity index (χ0v) is 20.9. The van der Waals surface area contributed by atoms with Crippen molar-refractivity contribution in [2.75, 3.05) is 13.6 Å². The number of carbonyl (C=O) groups excluding carboxylic acids is 3. The third kappa shape index (κ3) is 8.29. The van der Waals surface area contributed by atoms with Gasteiger partial charge in [0, 0.05) is 24.5 Å². The molecule has 0 saturated heterocycles. The number of hydrogen-bond donors (Lipinski definition) is 2. The average Bonchev–Trinajstić information content (AvgIpc) is 2.89. The Kier molecular flexibility index (Phi) is 9.50. The van der Waals surface area contributed by atoms with E-state index in [0.29, 0.717) is 22.9 Å². The molecule has 1 heterocycles. The Morgan fingerprint density at radius 1 is 1.16 bits per heavy atom. The van der Waals surface area contributed by atoms with E-state index in [0.717, 1.165) is 18.0 Å². The second kappa shape index (κ2) is 13.0. The van der Waals surface area contributed by atoms with Crippen molar-refractivity contribution < 1.29 is 19.1 Å². The molecule has 3 amide bonds. The van der Waals surface area contributed by atoms with Gasteiger partial charge in [0.25, 0.3) is 5.56 Å². The normalized spacial score (nSPS) is 11.8. The van der Waals surface area contributed by atoms with Gasteiger partial charge < -0.3 is 14.4 Å². The number of nitrogens with one attached hydrogen (secondary N) is 2. The zero-order chi connectivity index (χ0) is 26.8. The van der Waals surface area contributed by atoms with E-state index >= 15 is 0 Å². The van der Waals surface area contributed by atoms with E-state index in [9.17, 15) is 19.2 Å². The number of ether oxygens (including phenoxy) is 1. The van der Waals surface area contributed by atoms with E-state index in [2.05, 4.69) is 20.3 Å². The Hall–Kier alpha value is -4.51. The predicted molar refractivity (Wildman–Crippen MR) is 138 cm³/mol. The number of amides is 3. The molecule has 1 aromatic heterocycles. The molecule has 0 aliphatic carbocycles. The molecule has 2 N–H and O–H groups in total. The minimum Gasteiger partial charge on any atom is -0.439 e. The first-order valence-electron chi connectivity index (χ1n) is 11.1. The summed E-state index contributed by atoms with van der Waals surface area (Å²) in [4.78, 5) is 60.5. The summed E-state index contributed by atoms with van der Waals surface area (Å²) in [6.07, 6.45) is 3.79. The number of halogens is 1. The number of hydrogen-bond acceptors (Lipinski definition) is 7. The number of carbonyl (C=O) groups is 3. The van der Waals surface area contributed by atoms with Crippen molar-refractivity contribution in [3.63, 3.8) is 0 Å². The fourth-order valence-corrected chi connectivity index (χ4v) is 3.24. The molecule has 0 aliphatic heterocycles. The van der Waals surface area contributed by atoms with E-state index in [4.69, 9.17) is 16.3 Å². The monoisotopic (exact) mass is 524 g/mol. The zero-order valence-electron chi connectivity index (χ0n) is 20.1. The number of guanidine groups is 1. The Morgan fingerprint density at radius 3 is 2.49 bits per heavy atom. The summed E-state index contributed by atoms with van der Waals surface area (Å²) in [6, 6.07) is 12.8. The maximum absolute atomic E-state index is 12.8. The molecule has 0 unspecified atom stereocenters. The van der Waals surface area contributed by atoms with Crippen LogP contribution in [0, 0.1) is 5.92 Å². The molecule has 37 heavy (non-hydrogen) atoms. The van der Waals surface area contributed by atoms with Crippen molar-refractivity contribution in [3.8, 4) is 11.6 Å². The lowest BCUT2D eigenvalue weighted by atomic mass is 10.2. The molecular weight excluding hydrogens is 500 g/mol. The second-order valence-corrected chi connectivity index (χ2v) is 8.51. The molecule has 0 aliphatic rings. The van der Waals surface area contributed by atoms with E-state index in [-0.39, 0.29) is 30.8 Å². The molecule has 0 radical (unpaired) electrons. The summed E-state index contributed by atoms with van der Waals surface area (Å²) in [5, 5.41) is 3.20. The summed E-state index contributed by atoms with van der Waals surface area (Å²) in [5.41, 5.74) is 0.769. The van der Waals surface area contributed by atoms with E-state index < -0.39 is 11.6 Å². The topological polar surface area (TPSA) is 137 Å². The third-order valence-corrected chi connectivity index (χ3v) is 5.21. The number of aldehydes is 1. The van der Waals surface area contributed by atoms with Crippen molar-refractivity contribution >= 4 is 42.0 Å².